The molecule has 0 aliphatic carbocycles. The van der Waals surface area contributed by atoms with Crippen molar-refractivity contribution >= 4 is 5.97 Å². The SMILES string of the molecule is CCC(=O)Oc1ccc(O)cc1[C@@]1(C)c2cc(O)ccc2O[C@@H]1N[C@@H](C)c1ccccc1. The van der Waals surface area contributed by atoms with Crippen LogP contribution in [0.5, 0.6) is 23.0 Å². The number of fused-ring (bicyclic) bond motifs is 1. The van der Waals surface area contributed by atoms with Crippen molar-refractivity contribution in [1.29, 1.82) is 0 Å². The maximum Gasteiger partial charge on any atom is 0.310 e. The Kier molecular flexibility index (Phi) is 5.80. The van der Waals surface area contributed by atoms with Crippen molar-refractivity contribution in [1.82, 2.24) is 5.32 Å². The fourth-order valence-corrected chi connectivity index (χ4v) is 4.17. The molecule has 3 aromatic rings. The maximum absolute atomic E-state index is 12.1. The van der Waals surface area contributed by atoms with Crippen LogP contribution >= 0.6 is 0 Å². The van der Waals surface area contributed by atoms with E-state index < -0.39 is 11.6 Å². The van der Waals surface area contributed by atoms with Crippen molar-refractivity contribution in [3.05, 3.63) is 83.4 Å². The number of phenolic OH excluding ortho intramolecular Hbond substituents is 2. The summed E-state index contributed by atoms with van der Waals surface area (Å²) in [5, 5.41) is 24.1. The molecule has 1 aliphatic rings. The first kappa shape index (κ1) is 21.7. The van der Waals surface area contributed by atoms with Crippen LogP contribution < -0.4 is 14.8 Å². The Bertz CT molecular complexity index is 1130. The predicted octanol–water partition coefficient (Wildman–Crippen LogP) is 4.79. The van der Waals surface area contributed by atoms with Crippen LogP contribution in [0.2, 0.25) is 0 Å². The Morgan fingerprint density at radius 2 is 1.72 bits per heavy atom. The van der Waals surface area contributed by atoms with Crippen LogP contribution in [0.1, 0.15) is 49.9 Å². The number of benzene rings is 3. The smallest absolute Gasteiger partial charge is 0.310 e. The van der Waals surface area contributed by atoms with Crippen LogP contribution in [0.3, 0.4) is 0 Å². The summed E-state index contributed by atoms with van der Waals surface area (Å²) < 4.78 is 11.9. The summed E-state index contributed by atoms with van der Waals surface area (Å²) in [6.45, 7) is 5.72. The molecule has 0 saturated carbocycles. The summed E-state index contributed by atoms with van der Waals surface area (Å²) in [4.78, 5) is 12.1. The van der Waals surface area contributed by atoms with E-state index in [2.05, 4.69) is 5.32 Å². The van der Waals surface area contributed by atoms with E-state index in [1.54, 1.807) is 37.3 Å². The maximum atomic E-state index is 12.1. The fourth-order valence-electron chi connectivity index (χ4n) is 4.17. The van der Waals surface area contributed by atoms with Gasteiger partial charge in [0.1, 0.15) is 23.0 Å². The van der Waals surface area contributed by atoms with Crippen LogP contribution in [-0.4, -0.2) is 22.4 Å². The molecule has 3 atom stereocenters. The van der Waals surface area contributed by atoms with Gasteiger partial charge in [-0.2, -0.15) is 0 Å². The lowest BCUT2D eigenvalue weighted by Crippen LogP contribution is -2.48. The van der Waals surface area contributed by atoms with Gasteiger partial charge in [-0.05, 0) is 55.8 Å². The van der Waals surface area contributed by atoms with Gasteiger partial charge in [0.15, 0.2) is 6.23 Å². The minimum absolute atomic E-state index is 0.0426. The summed E-state index contributed by atoms with van der Waals surface area (Å²) in [7, 11) is 0. The van der Waals surface area contributed by atoms with Gasteiger partial charge in [-0.3, -0.25) is 10.1 Å². The third-order valence-electron chi connectivity index (χ3n) is 6.03. The number of ether oxygens (including phenoxy) is 2. The average molecular weight is 434 g/mol. The van der Waals surface area contributed by atoms with Gasteiger partial charge in [0.05, 0.1) is 5.41 Å². The van der Waals surface area contributed by atoms with Crippen molar-refractivity contribution in [2.24, 2.45) is 0 Å². The molecule has 0 spiro atoms. The highest BCUT2D eigenvalue weighted by Gasteiger charge is 2.49. The number of carbonyl (C=O) groups excluding carboxylic acids is 1. The van der Waals surface area contributed by atoms with Gasteiger partial charge in [-0.15, -0.1) is 0 Å². The highest BCUT2D eigenvalue weighted by Crippen LogP contribution is 2.51. The molecule has 6 nitrogen and oxygen atoms in total. The number of carbonyl (C=O) groups is 1. The van der Waals surface area contributed by atoms with Gasteiger partial charge in [-0.1, -0.05) is 37.3 Å². The van der Waals surface area contributed by atoms with Crippen molar-refractivity contribution in [2.45, 2.75) is 44.9 Å². The van der Waals surface area contributed by atoms with Crippen molar-refractivity contribution in [2.75, 3.05) is 0 Å². The molecular formula is C26H27NO5. The molecule has 0 bridgehead atoms. The molecule has 3 N–H and O–H groups in total. The topological polar surface area (TPSA) is 88.0 Å². The summed E-state index contributed by atoms with van der Waals surface area (Å²) in [6.07, 6.45) is -0.340. The van der Waals surface area contributed by atoms with E-state index >= 15 is 0 Å². The Morgan fingerprint density at radius 1 is 1.06 bits per heavy atom. The van der Waals surface area contributed by atoms with Crippen LogP contribution in [0.15, 0.2) is 66.7 Å². The van der Waals surface area contributed by atoms with Crippen LogP contribution in [-0.2, 0) is 10.2 Å². The number of hydrogen-bond acceptors (Lipinski definition) is 6. The minimum Gasteiger partial charge on any atom is -0.508 e. The Balaban J connectivity index is 1.83. The van der Waals surface area contributed by atoms with Crippen molar-refractivity contribution < 1.29 is 24.5 Å². The second kappa shape index (κ2) is 8.55. The summed E-state index contributed by atoms with van der Waals surface area (Å²) in [5.74, 6) is 0.719. The number of nitrogens with one attached hydrogen (secondary N) is 1. The second-order valence-electron chi connectivity index (χ2n) is 8.19. The minimum atomic E-state index is -0.876. The highest BCUT2D eigenvalue weighted by atomic mass is 16.5. The summed E-state index contributed by atoms with van der Waals surface area (Å²) >= 11 is 0. The van der Waals surface area contributed by atoms with Crippen LogP contribution in [0.4, 0.5) is 0 Å². The molecule has 0 fully saturated rings. The van der Waals surface area contributed by atoms with E-state index in [1.165, 1.54) is 6.07 Å². The molecule has 0 unspecified atom stereocenters. The van der Waals surface area contributed by atoms with E-state index in [-0.39, 0.29) is 29.9 Å². The lowest BCUT2D eigenvalue weighted by molar-refractivity contribution is -0.134. The average Bonchev–Trinajstić information content (AvgIpc) is 3.07. The van der Waals surface area contributed by atoms with Gasteiger partial charge in [0.25, 0.3) is 0 Å². The second-order valence-corrected chi connectivity index (χ2v) is 8.19. The Hall–Kier alpha value is -3.51. The molecule has 4 rings (SSSR count). The quantitative estimate of drug-likeness (QED) is 0.383. The van der Waals surface area contributed by atoms with Crippen LogP contribution in [0, 0.1) is 0 Å². The number of rotatable bonds is 6. The summed E-state index contributed by atoms with van der Waals surface area (Å²) in [5.41, 5.74) is 1.53. The van der Waals surface area contributed by atoms with Crippen molar-refractivity contribution in [3.63, 3.8) is 0 Å². The molecule has 0 amide bonds. The highest BCUT2D eigenvalue weighted by molar-refractivity contribution is 5.73. The van der Waals surface area contributed by atoms with E-state index in [9.17, 15) is 15.0 Å². The monoisotopic (exact) mass is 433 g/mol. The first-order valence-corrected chi connectivity index (χ1v) is 10.7. The molecule has 1 aliphatic heterocycles. The Labute approximate surface area is 187 Å². The molecular weight excluding hydrogens is 406 g/mol. The fraction of sp³-hybridized carbons (Fsp3) is 0.269. The van der Waals surface area contributed by atoms with Gasteiger partial charge < -0.3 is 19.7 Å². The lowest BCUT2D eigenvalue weighted by Gasteiger charge is -2.34. The normalized spacial score (nSPS) is 20.3. The lowest BCUT2D eigenvalue weighted by atomic mass is 9.75. The molecule has 6 heteroatoms. The van der Waals surface area contributed by atoms with E-state index in [0.717, 1.165) is 11.1 Å². The molecule has 0 aromatic heterocycles. The van der Waals surface area contributed by atoms with Gasteiger partial charge in [-0.25, -0.2) is 0 Å². The van der Waals surface area contributed by atoms with Crippen LogP contribution in [0.25, 0.3) is 0 Å². The molecule has 32 heavy (non-hydrogen) atoms. The third kappa shape index (κ3) is 3.89. The number of aromatic hydroxyl groups is 2. The summed E-state index contributed by atoms with van der Waals surface area (Å²) in [6, 6.07) is 19.5. The van der Waals surface area contributed by atoms with E-state index in [0.29, 0.717) is 17.1 Å². The molecule has 1 heterocycles. The Morgan fingerprint density at radius 3 is 2.41 bits per heavy atom. The molecule has 166 valence electrons. The number of hydrogen-bond donors (Lipinski definition) is 3. The standard InChI is InChI=1S/C26H27NO5/c1-4-24(30)31-22-12-10-18(28)14-20(22)26(3)21-15-19(29)11-13-23(21)32-25(26)27-16(2)17-8-6-5-7-9-17/h5-16,25,27-29H,4H2,1-3H3/t16-,25-,26-/m0/s1. The first-order chi connectivity index (χ1) is 15.3. The molecule has 0 radical (unpaired) electrons. The van der Waals surface area contributed by atoms with Gasteiger partial charge in [0.2, 0.25) is 0 Å². The number of phenols is 2. The van der Waals surface area contributed by atoms with E-state index in [4.69, 9.17) is 9.47 Å². The molecule has 3 aromatic carbocycles. The third-order valence-corrected chi connectivity index (χ3v) is 6.03. The zero-order chi connectivity index (χ0) is 22.9. The number of esters is 1. The predicted molar refractivity (Wildman–Crippen MR) is 121 cm³/mol. The van der Waals surface area contributed by atoms with Gasteiger partial charge >= 0.3 is 5.97 Å². The zero-order valence-electron chi connectivity index (χ0n) is 18.3. The molecule has 0 saturated heterocycles. The largest absolute Gasteiger partial charge is 0.508 e. The van der Waals surface area contributed by atoms with Crippen molar-refractivity contribution in [3.8, 4) is 23.0 Å². The van der Waals surface area contributed by atoms with E-state index in [1.807, 2.05) is 44.2 Å². The zero-order valence-corrected chi connectivity index (χ0v) is 18.3. The van der Waals surface area contributed by atoms with Gasteiger partial charge in [0, 0.05) is 23.6 Å². The first-order valence-electron chi connectivity index (χ1n) is 10.7.